The van der Waals surface area contributed by atoms with Crippen molar-refractivity contribution in [3.05, 3.63) is 0 Å². The highest BCUT2D eigenvalue weighted by Gasteiger charge is 2.35. The largest absolute Gasteiger partial charge is 0.393 e. The van der Waals surface area contributed by atoms with Crippen LogP contribution in [0.3, 0.4) is 0 Å². The normalized spacial score (nSPS) is 15.1. The Balaban J connectivity index is 4.73. The van der Waals surface area contributed by atoms with Gasteiger partial charge in [0.1, 0.15) is 0 Å². The molecule has 0 heterocycles. The molecule has 2 heteroatoms. The highest BCUT2D eigenvalue weighted by atomic mass is 16.3. The molecule has 2 nitrogen and oxygen atoms in total. The van der Waals surface area contributed by atoms with E-state index in [0.717, 1.165) is 19.3 Å². The van der Waals surface area contributed by atoms with E-state index in [1.807, 2.05) is 6.92 Å². The molecule has 128 valence electrons. The Hall–Kier alpha value is -0.0800. The van der Waals surface area contributed by atoms with Crippen molar-refractivity contribution < 1.29 is 10.2 Å². The average molecular weight is 301 g/mol. The fourth-order valence-electron chi connectivity index (χ4n) is 3.37. The summed E-state index contributed by atoms with van der Waals surface area (Å²) >= 11 is 0. The van der Waals surface area contributed by atoms with Gasteiger partial charge in [-0.25, -0.2) is 0 Å². The monoisotopic (exact) mass is 300 g/mol. The van der Waals surface area contributed by atoms with Crippen LogP contribution in [0, 0.1) is 5.41 Å². The summed E-state index contributed by atoms with van der Waals surface area (Å²) in [6.45, 7) is 8.56. The van der Waals surface area contributed by atoms with Gasteiger partial charge in [-0.15, -0.1) is 0 Å². The maximum atomic E-state index is 10.9. The molecule has 0 fully saturated rings. The minimum atomic E-state index is -0.242. The van der Waals surface area contributed by atoms with E-state index in [1.165, 1.54) is 57.8 Å². The van der Waals surface area contributed by atoms with E-state index in [1.54, 1.807) is 0 Å². The van der Waals surface area contributed by atoms with E-state index in [9.17, 15) is 10.2 Å². The van der Waals surface area contributed by atoms with Gasteiger partial charge >= 0.3 is 0 Å². The van der Waals surface area contributed by atoms with E-state index in [4.69, 9.17) is 0 Å². The third-order valence-electron chi connectivity index (χ3n) is 4.89. The Morgan fingerprint density at radius 1 is 0.714 bits per heavy atom. The number of hydrogen-bond donors (Lipinski definition) is 2. The molecule has 0 saturated heterocycles. The van der Waals surface area contributed by atoms with Gasteiger partial charge in [-0.1, -0.05) is 59.3 Å². The zero-order valence-corrected chi connectivity index (χ0v) is 15.0. The summed E-state index contributed by atoms with van der Waals surface area (Å²) < 4.78 is 0. The minimum Gasteiger partial charge on any atom is -0.393 e. The molecule has 0 radical (unpaired) electrons. The molecule has 0 aliphatic heterocycles. The van der Waals surface area contributed by atoms with Crippen molar-refractivity contribution in [3.8, 4) is 0 Å². The van der Waals surface area contributed by atoms with Crippen LogP contribution in [0.25, 0.3) is 0 Å². The van der Waals surface area contributed by atoms with Crippen LogP contribution in [-0.2, 0) is 0 Å². The summed E-state index contributed by atoms with van der Waals surface area (Å²) in [4.78, 5) is 0. The molecule has 0 amide bonds. The first-order valence-corrected chi connectivity index (χ1v) is 9.38. The SMILES string of the molecule is CCCCC(CCCC)(CCCC)C(O)CCCC(C)O. The molecule has 2 unspecified atom stereocenters. The lowest BCUT2D eigenvalue weighted by Crippen LogP contribution is -2.35. The third-order valence-corrected chi connectivity index (χ3v) is 4.89. The molecule has 0 aliphatic rings. The fraction of sp³-hybridized carbons (Fsp3) is 1.00. The molecule has 0 rings (SSSR count). The second-order valence-electron chi connectivity index (χ2n) is 6.97. The van der Waals surface area contributed by atoms with Crippen molar-refractivity contribution in [1.82, 2.24) is 0 Å². The van der Waals surface area contributed by atoms with Crippen LogP contribution < -0.4 is 0 Å². The first kappa shape index (κ1) is 20.9. The first-order valence-electron chi connectivity index (χ1n) is 9.38. The second kappa shape index (κ2) is 12.5. The van der Waals surface area contributed by atoms with Crippen LogP contribution in [0.1, 0.15) is 105 Å². The van der Waals surface area contributed by atoms with Crippen molar-refractivity contribution in [3.63, 3.8) is 0 Å². The van der Waals surface area contributed by atoms with Gasteiger partial charge in [0.15, 0.2) is 0 Å². The van der Waals surface area contributed by atoms with Crippen LogP contribution in [0.2, 0.25) is 0 Å². The molecule has 0 spiro atoms. The van der Waals surface area contributed by atoms with E-state index in [2.05, 4.69) is 20.8 Å². The topological polar surface area (TPSA) is 40.5 Å². The zero-order chi connectivity index (χ0) is 16.1. The minimum absolute atomic E-state index is 0.126. The summed E-state index contributed by atoms with van der Waals surface area (Å²) in [6.07, 6.45) is 13.0. The predicted octanol–water partition coefficient (Wildman–Crippen LogP) is 5.46. The van der Waals surface area contributed by atoms with Crippen molar-refractivity contribution in [2.45, 2.75) is 117 Å². The Kier molecular flexibility index (Phi) is 12.4. The Morgan fingerprint density at radius 2 is 1.14 bits per heavy atom. The standard InChI is InChI=1S/C19H40O2/c1-5-8-14-19(15-9-6-2,16-10-7-3)18(21)13-11-12-17(4)20/h17-18,20-21H,5-16H2,1-4H3. The van der Waals surface area contributed by atoms with Crippen LogP contribution >= 0.6 is 0 Å². The maximum absolute atomic E-state index is 10.9. The first-order chi connectivity index (χ1) is 10.0. The van der Waals surface area contributed by atoms with Crippen LogP contribution in [0.5, 0.6) is 0 Å². The van der Waals surface area contributed by atoms with Crippen LogP contribution in [-0.4, -0.2) is 22.4 Å². The summed E-state index contributed by atoms with van der Waals surface area (Å²) in [5.74, 6) is 0. The summed E-state index contributed by atoms with van der Waals surface area (Å²) in [5.41, 5.74) is 0.126. The average Bonchev–Trinajstić information content (AvgIpc) is 2.46. The Labute approximate surface area is 133 Å². The molecular weight excluding hydrogens is 260 g/mol. The molecule has 0 aromatic rings. The molecule has 21 heavy (non-hydrogen) atoms. The molecule has 0 bridgehead atoms. The summed E-state index contributed by atoms with van der Waals surface area (Å²) in [5, 5.41) is 20.3. The lowest BCUT2D eigenvalue weighted by molar-refractivity contribution is -0.00950. The third kappa shape index (κ3) is 8.83. The predicted molar refractivity (Wildman–Crippen MR) is 92.5 cm³/mol. The molecule has 2 N–H and O–H groups in total. The quantitative estimate of drug-likeness (QED) is 0.447. The van der Waals surface area contributed by atoms with Gasteiger partial charge in [-0.3, -0.25) is 0 Å². The van der Waals surface area contributed by atoms with Crippen molar-refractivity contribution in [2.24, 2.45) is 5.41 Å². The summed E-state index contributed by atoms with van der Waals surface area (Å²) in [6, 6.07) is 0. The van der Waals surface area contributed by atoms with Crippen molar-refractivity contribution in [1.29, 1.82) is 0 Å². The van der Waals surface area contributed by atoms with Gasteiger partial charge in [0, 0.05) is 0 Å². The molecule has 0 aromatic heterocycles. The Bertz CT molecular complexity index is 204. The van der Waals surface area contributed by atoms with Crippen molar-refractivity contribution in [2.75, 3.05) is 0 Å². The van der Waals surface area contributed by atoms with Crippen LogP contribution in [0.4, 0.5) is 0 Å². The maximum Gasteiger partial charge on any atom is 0.0596 e. The number of aliphatic hydroxyl groups excluding tert-OH is 2. The van der Waals surface area contributed by atoms with E-state index in [-0.39, 0.29) is 17.6 Å². The highest BCUT2D eigenvalue weighted by molar-refractivity contribution is 4.86. The van der Waals surface area contributed by atoms with E-state index in [0.29, 0.717) is 0 Å². The van der Waals surface area contributed by atoms with Crippen molar-refractivity contribution >= 4 is 0 Å². The lowest BCUT2D eigenvalue weighted by atomic mass is 9.69. The fourth-order valence-corrected chi connectivity index (χ4v) is 3.37. The number of rotatable bonds is 14. The van der Waals surface area contributed by atoms with E-state index >= 15 is 0 Å². The molecule has 2 atom stereocenters. The zero-order valence-electron chi connectivity index (χ0n) is 15.0. The number of hydrogen-bond acceptors (Lipinski definition) is 2. The van der Waals surface area contributed by atoms with Gasteiger partial charge in [0.05, 0.1) is 12.2 Å². The van der Waals surface area contributed by atoms with Crippen LogP contribution in [0.15, 0.2) is 0 Å². The summed E-state index contributed by atoms with van der Waals surface area (Å²) in [7, 11) is 0. The van der Waals surface area contributed by atoms with Gasteiger partial charge in [-0.2, -0.15) is 0 Å². The second-order valence-corrected chi connectivity index (χ2v) is 6.97. The van der Waals surface area contributed by atoms with Gasteiger partial charge in [0.25, 0.3) is 0 Å². The van der Waals surface area contributed by atoms with Gasteiger partial charge in [0.2, 0.25) is 0 Å². The molecule has 0 aromatic carbocycles. The van der Waals surface area contributed by atoms with Gasteiger partial charge < -0.3 is 10.2 Å². The number of unbranched alkanes of at least 4 members (excludes halogenated alkanes) is 3. The molecule has 0 saturated carbocycles. The lowest BCUT2D eigenvalue weighted by Gasteiger charge is -2.39. The van der Waals surface area contributed by atoms with E-state index < -0.39 is 0 Å². The molecular formula is C19H40O2. The Morgan fingerprint density at radius 3 is 1.48 bits per heavy atom. The smallest absolute Gasteiger partial charge is 0.0596 e. The number of aliphatic hydroxyl groups is 2. The highest BCUT2D eigenvalue weighted by Crippen LogP contribution is 2.41. The van der Waals surface area contributed by atoms with Gasteiger partial charge in [-0.05, 0) is 50.9 Å². The molecule has 0 aliphatic carbocycles.